The van der Waals surface area contributed by atoms with Crippen molar-refractivity contribution in [3.63, 3.8) is 0 Å². The van der Waals surface area contributed by atoms with Crippen LogP contribution in [0.1, 0.15) is 0 Å². The van der Waals surface area contributed by atoms with Crippen LogP contribution in [0.2, 0.25) is 0 Å². The molecular weight excluding hydrogens is 655 g/mol. The minimum Gasteiger partial charge on any atom is -0.310 e. The van der Waals surface area contributed by atoms with E-state index in [-0.39, 0.29) is 0 Å². The number of thiophene rings is 2. The van der Waals surface area contributed by atoms with Gasteiger partial charge in [-0.2, -0.15) is 0 Å². The number of fused-ring (bicyclic) bond motifs is 11. The zero-order chi connectivity index (χ0) is 33.5. The van der Waals surface area contributed by atoms with Crippen molar-refractivity contribution in [3.05, 3.63) is 176 Å². The maximum absolute atomic E-state index is 2.42. The first kappa shape index (κ1) is 28.8. The molecule has 0 N–H and O–H groups in total. The Bertz CT molecular complexity index is 3140. The average molecular weight is 684 g/mol. The molecule has 0 radical (unpaired) electrons. The van der Waals surface area contributed by atoms with E-state index in [4.69, 9.17) is 0 Å². The molecule has 0 unspecified atom stereocenters. The molecule has 0 saturated carbocycles. The lowest BCUT2D eigenvalue weighted by Crippen LogP contribution is -2.09. The van der Waals surface area contributed by atoms with Crippen LogP contribution in [0, 0.1) is 0 Å². The summed E-state index contributed by atoms with van der Waals surface area (Å²) in [6.07, 6.45) is 0. The van der Waals surface area contributed by atoms with Gasteiger partial charge >= 0.3 is 0 Å². The van der Waals surface area contributed by atoms with Crippen LogP contribution in [0.4, 0.5) is 17.1 Å². The van der Waals surface area contributed by atoms with Gasteiger partial charge in [0.25, 0.3) is 0 Å². The molecule has 11 aromatic rings. The molecular formula is C48H29NS2. The highest BCUT2D eigenvalue weighted by Gasteiger charge is 2.17. The van der Waals surface area contributed by atoms with Gasteiger partial charge in [-0.05, 0) is 104 Å². The Morgan fingerprint density at radius 1 is 0.294 bits per heavy atom. The molecule has 1 nitrogen and oxygen atoms in total. The SMILES string of the molecule is c1ccc2c(c1)ccc1ccc3ccc(-c4ccc(N(c5ccc6c(c5)sc5ccccc56)c5ccc6sc7ccccc7c6c5)cc4)cc3c12. The fourth-order valence-electron chi connectivity index (χ4n) is 7.96. The molecule has 0 spiro atoms. The van der Waals surface area contributed by atoms with Gasteiger partial charge in [0.2, 0.25) is 0 Å². The number of hydrogen-bond acceptors (Lipinski definition) is 3. The molecule has 0 saturated heterocycles. The maximum atomic E-state index is 2.42. The second-order valence-electron chi connectivity index (χ2n) is 13.3. The Kier molecular flexibility index (Phi) is 6.36. The molecule has 11 rings (SSSR count). The first-order valence-electron chi connectivity index (χ1n) is 17.3. The van der Waals surface area contributed by atoms with E-state index in [0.717, 1.165) is 17.1 Å². The molecule has 51 heavy (non-hydrogen) atoms. The Labute approximate surface area is 302 Å². The van der Waals surface area contributed by atoms with Crippen LogP contribution < -0.4 is 4.90 Å². The van der Waals surface area contributed by atoms with Crippen molar-refractivity contribution >= 4 is 112 Å². The van der Waals surface area contributed by atoms with Gasteiger partial charge in [0, 0.05) is 57.4 Å². The largest absolute Gasteiger partial charge is 0.310 e. The fraction of sp³-hybridized carbons (Fsp3) is 0. The summed E-state index contributed by atoms with van der Waals surface area (Å²) in [4.78, 5) is 2.42. The van der Waals surface area contributed by atoms with Crippen molar-refractivity contribution in [1.82, 2.24) is 0 Å². The first-order chi connectivity index (χ1) is 25.2. The van der Waals surface area contributed by atoms with E-state index >= 15 is 0 Å². The van der Waals surface area contributed by atoms with Crippen LogP contribution in [0.3, 0.4) is 0 Å². The molecule has 0 amide bonds. The standard InChI is InChI=1S/C48H29NS2/c1-2-8-38-31(7-1)13-16-33-17-14-32-15-18-34(27-42(32)48(33)38)30-19-21-35(22-20-30)49(36-24-26-46-43(28-36)40-10-4-6-12-45(40)50-46)37-23-25-41-39-9-3-5-11-44(39)51-47(41)29-37/h1-29H. The van der Waals surface area contributed by atoms with E-state index in [1.165, 1.54) is 83.8 Å². The first-order valence-corrected chi connectivity index (χ1v) is 19.0. The van der Waals surface area contributed by atoms with Crippen molar-refractivity contribution in [2.45, 2.75) is 0 Å². The van der Waals surface area contributed by atoms with Gasteiger partial charge in [0.1, 0.15) is 0 Å². The fourth-order valence-corrected chi connectivity index (χ4v) is 10.2. The summed E-state index contributed by atoms with van der Waals surface area (Å²) in [5.74, 6) is 0. The van der Waals surface area contributed by atoms with Gasteiger partial charge in [-0.3, -0.25) is 0 Å². The minimum absolute atomic E-state index is 1.13. The molecule has 3 heteroatoms. The van der Waals surface area contributed by atoms with Crippen LogP contribution in [0.5, 0.6) is 0 Å². The number of hydrogen-bond donors (Lipinski definition) is 0. The monoisotopic (exact) mass is 683 g/mol. The lowest BCUT2D eigenvalue weighted by molar-refractivity contribution is 1.30. The predicted molar refractivity (Wildman–Crippen MR) is 225 cm³/mol. The number of anilines is 3. The lowest BCUT2D eigenvalue weighted by Gasteiger charge is -2.26. The summed E-state index contributed by atoms with van der Waals surface area (Å²) < 4.78 is 5.26. The van der Waals surface area contributed by atoms with Gasteiger partial charge < -0.3 is 4.90 Å². The van der Waals surface area contributed by atoms with Gasteiger partial charge in [-0.25, -0.2) is 0 Å². The zero-order valence-electron chi connectivity index (χ0n) is 27.5. The second-order valence-corrected chi connectivity index (χ2v) is 15.5. The summed E-state index contributed by atoms with van der Waals surface area (Å²) in [7, 11) is 0. The van der Waals surface area contributed by atoms with Gasteiger partial charge in [0.05, 0.1) is 0 Å². The highest BCUT2D eigenvalue weighted by Crippen LogP contribution is 2.44. The highest BCUT2D eigenvalue weighted by atomic mass is 32.1. The minimum atomic E-state index is 1.13. The molecule has 9 aromatic carbocycles. The molecule has 0 fully saturated rings. The maximum Gasteiger partial charge on any atom is 0.0476 e. The third-order valence-electron chi connectivity index (χ3n) is 10.4. The summed E-state index contributed by atoms with van der Waals surface area (Å²) >= 11 is 3.73. The van der Waals surface area contributed by atoms with E-state index in [9.17, 15) is 0 Å². The Morgan fingerprint density at radius 3 is 1.63 bits per heavy atom. The summed E-state index contributed by atoms with van der Waals surface area (Å²) in [5.41, 5.74) is 5.87. The van der Waals surface area contributed by atoms with Crippen LogP contribution in [-0.4, -0.2) is 0 Å². The molecule has 238 valence electrons. The van der Waals surface area contributed by atoms with Crippen LogP contribution in [0.25, 0.3) is 83.8 Å². The Hall–Kier alpha value is -6.00. The number of nitrogens with zero attached hydrogens (tertiary/aromatic N) is 1. The van der Waals surface area contributed by atoms with Crippen molar-refractivity contribution in [2.24, 2.45) is 0 Å². The predicted octanol–water partition coefficient (Wildman–Crippen LogP) is 15.0. The van der Waals surface area contributed by atoms with Crippen molar-refractivity contribution < 1.29 is 0 Å². The molecule has 2 heterocycles. The van der Waals surface area contributed by atoms with Crippen molar-refractivity contribution in [1.29, 1.82) is 0 Å². The molecule has 0 aliphatic heterocycles. The third kappa shape index (κ3) is 4.59. The summed E-state index contributed by atoms with van der Waals surface area (Å²) in [5, 5.41) is 13.0. The highest BCUT2D eigenvalue weighted by molar-refractivity contribution is 7.26. The molecule has 0 bridgehead atoms. The zero-order valence-corrected chi connectivity index (χ0v) is 29.1. The van der Waals surface area contributed by atoms with Gasteiger partial charge in [-0.15, -0.1) is 22.7 Å². The average Bonchev–Trinajstić information content (AvgIpc) is 3.75. The number of rotatable bonds is 4. The number of benzene rings is 9. The third-order valence-corrected chi connectivity index (χ3v) is 12.7. The van der Waals surface area contributed by atoms with Crippen LogP contribution >= 0.6 is 22.7 Å². The topological polar surface area (TPSA) is 3.24 Å². The molecule has 0 aliphatic rings. The van der Waals surface area contributed by atoms with E-state index in [0.29, 0.717) is 0 Å². The Balaban J connectivity index is 1.07. The van der Waals surface area contributed by atoms with Crippen molar-refractivity contribution in [2.75, 3.05) is 4.90 Å². The molecule has 0 aliphatic carbocycles. The second kappa shape index (κ2) is 11.3. The molecule has 0 atom stereocenters. The van der Waals surface area contributed by atoms with E-state index < -0.39 is 0 Å². The van der Waals surface area contributed by atoms with E-state index in [1.807, 2.05) is 22.7 Å². The van der Waals surface area contributed by atoms with Crippen molar-refractivity contribution in [3.8, 4) is 11.1 Å². The Morgan fingerprint density at radius 2 is 0.824 bits per heavy atom. The lowest BCUT2D eigenvalue weighted by atomic mass is 9.94. The molecule has 2 aromatic heterocycles. The van der Waals surface area contributed by atoms with Crippen LogP contribution in [0.15, 0.2) is 176 Å². The summed E-state index contributed by atoms with van der Waals surface area (Å²) in [6.45, 7) is 0. The quantitative estimate of drug-likeness (QED) is 0.167. The summed E-state index contributed by atoms with van der Waals surface area (Å²) in [6, 6.07) is 65.1. The smallest absolute Gasteiger partial charge is 0.0476 e. The normalized spacial score (nSPS) is 11.9. The van der Waals surface area contributed by atoms with Gasteiger partial charge in [0.15, 0.2) is 0 Å². The van der Waals surface area contributed by atoms with E-state index in [1.54, 1.807) is 0 Å². The van der Waals surface area contributed by atoms with E-state index in [2.05, 4.69) is 181 Å². The van der Waals surface area contributed by atoms with Crippen LogP contribution in [-0.2, 0) is 0 Å². The van der Waals surface area contributed by atoms with Gasteiger partial charge in [-0.1, -0.05) is 115 Å².